The Morgan fingerprint density at radius 3 is 0.706 bits per heavy atom. The van der Waals surface area contributed by atoms with Crippen LogP contribution >= 0.6 is 0 Å². The first-order valence-electron chi connectivity index (χ1n) is 18.3. The van der Waals surface area contributed by atoms with Gasteiger partial charge in [-0.1, -0.05) is 60.7 Å². The number of rotatable bonds is 4. The number of aryl methyl sites for hydroxylation is 1. The SMILES string of the molecule is C[n+]1cccc2ccccc21.FC(F)(F)c1cc([B-](c2cc(C(F)(F)F)cc(C(F)(F)F)c2)(c2cc(C(F)(F)F)cc(C(F)(F)F)c2)c2cc(C(F)(F)F)cc(C(F)(F)F)c2)cc(C(F)(F)F)c1. The van der Waals surface area contributed by atoms with Crippen molar-refractivity contribution < 1.29 is 110 Å². The summed E-state index contributed by atoms with van der Waals surface area (Å²) in [5.74, 6) is 0. The first-order valence-corrected chi connectivity index (χ1v) is 18.3. The maximum absolute atomic E-state index is 14.2. The van der Waals surface area contributed by atoms with Crippen LogP contribution in [0.5, 0.6) is 0 Å². The lowest BCUT2D eigenvalue weighted by Crippen LogP contribution is -2.75. The first-order chi connectivity index (χ1) is 30.6. The van der Waals surface area contributed by atoms with Gasteiger partial charge in [0.15, 0.2) is 6.20 Å². The van der Waals surface area contributed by atoms with Crippen molar-refractivity contribution in [2.45, 2.75) is 49.4 Å². The Bertz CT molecular complexity index is 2360. The van der Waals surface area contributed by atoms with Crippen LogP contribution in [0.2, 0.25) is 0 Å². The molecule has 0 saturated carbocycles. The molecule has 1 heterocycles. The third-order valence-electron chi connectivity index (χ3n) is 10.3. The van der Waals surface area contributed by atoms with E-state index in [1.54, 1.807) is 0 Å². The van der Waals surface area contributed by atoms with Gasteiger partial charge in [-0.15, -0.1) is 0 Å². The topological polar surface area (TPSA) is 3.88 Å². The van der Waals surface area contributed by atoms with Crippen molar-refractivity contribution in [2.24, 2.45) is 7.05 Å². The number of hydrogen-bond acceptors (Lipinski definition) is 0. The van der Waals surface area contributed by atoms with Gasteiger partial charge >= 0.3 is 49.4 Å². The van der Waals surface area contributed by atoms with Crippen molar-refractivity contribution >= 4 is 38.9 Å². The Kier molecular flexibility index (Phi) is 13.6. The molecule has 0 bridgehead atoms. The number of fused-ring (bicyclic) bond motifs is 1. The summed E-state index contributed by atoms with van der Waals surface area (Å²) in [6.07, 6.45) is -52.7. The van der Waals surface area contributed by atoms with Crippen molar-refractivity contribution in [1.82, 2.24) is 0 Å². The summed E-state index contributed by atoms with van der Waals surface area (Å²) in [4.78, 5) is 0. The molecule has 0 saturated heterocycles. The Hall–Kier alpha value is -6.11. The molecule has 26 heteroatoms. The molecule has 0 spiro atoms. The minimum atomic E-state index is -6.13. The van der Waals surface area contributed by atoms with Gasteiger partial charge in [0.2, 0.25) is 5.52 Å². The molecule has 366 valence electrons. The first kappa shape index (κ1) is 52.9. The molecule has 0 aliphatic carbocycles. The normalized spacial score (nSPS) is 13.7. The summed E-state index contributed by atoms with van der Waals surface area (Å²) in [7, 11) is 2.06. The molecule has 68 heavy (non-hydrogen) atoms. The Morgan fingerprint density at radius 2 is 0.500 bits per heavy atom. The molecule has 0 atom stereocenters. The van der Waals surface area contributed by atoms with Gasteiger partial charge in [-0.2, -0.15) is 127 Å². The fourth-order valence-corrected chi connectivity index (χ4v) is 7.38. The third-order valence-corrected chi connectivity index (χ3v) is 10.3. The quantitative estimate of drug-likeness (QED) is 0.0941. The summed E-state index contributed by atoms with van der Waals surface area (Å²) in [6, 6.07) is 3.72. The van der Waals surface area contributed by atoms with Crippen LogP contribution in [0.1, 0.15) is 44.5 Å². The van der Waals surface area contributed by atoms with Crippen LogP contribution in [0, 0.1) is 0 Å². The number of aromatic nitrogens is 1. The third kappa shape index (κ3) is 11.4. The number of benzene rings is 5. The molecule has 6 aromatic rings. The number of pyridine rings is 1. The molecular weight excluding hydrogens is 985 g/mol. The monoisotopic (exact) mass is 1010 g/mol. The summed E-state index contributed by atoms with van der Waals surface area (Å²) in [5, 5.41) is 1.29. The van der Waals surface area contributed by atoms with E-state index < -0.39 is 195 Å². The lowest BCUT2D eigenvalue weighted by atomic mass is 9.12. The number of para-hydroxylation sites is 1. The average molecular weight is 1010 g/mol. The van der Waals surface area contributed by atoms with Crippen LogP contribution in [-0.4, -0.2) is 6.15 Å². The maximum Gasteiger partial charge on any atom is 0.416 e. The van der Waals surface area contributed by atoms with Crippen LogP contribution in [0.4, 0.5) is 105 Å². The van der Waals surface area contributed by atoms with E-state index in [2.05, 4.69) is 54.2 Å². The van der Waals surface area contributed by atoms with Gasteiger partial charge in [0, 0.05) is 17.5 Å². The van der Waals surface area contributed by atoms with Gasteiger partial charge in [0.25, 0.3) is 0 Å². The van der Waals surface area contributed by atoms with Gasteiger partial charge in [-0.25, -0.2) is 4.57 Å². The van der Waals surface area contributed by atoms with Gasteiger partial charge in [-0.05, 0) is 36.4 Å². The predicted octanol–water partition coefficient (Wildman–Crippen LogP) is 12.9. The van der Waals surface area contributed by atoms with Crippen LogP contribution in [-0.2, 0) is 56.5 Å². The highest BCUT2D eigenvalue weighted by atomic mass is 19.4. The Labute approximate surface area is 365 Å². The maximum atomic E-state index is 14.2. The molecular formula is C42H22BF24N. The van der Waals surface area contributed by atoms with E-state index in [0.29, 0.717) is 0 Å². The zero-order valence-electron chi connectivity index (χ0n) is 33.1. The fraction of sp³-hybridized carbons (Fsp3) is 0.214. The zero-order valence-corrected chi connectivity index (χ0v) is 33.1. The lowest BCUT2D eigenvalue weighted by Gasteiger charge is -2.46. The molecule has 5 aromatic carbocycles. The smallest absolute Gasteiger partial charge is 0.201 e. The molecule has 1 nitrogen and oxygen atoms in total. The summed E-state index contributed by atoms with van der Waals surface area (Å²) in [5.41, 5.74) is -28.9. The second kappa shape index (κ2) is 17.4. The fourth-order valence-electron chi connectivity index (χ4n) is 7.38. The minimum absolute atomic E-state index is 0.691. The molecule has 0 aliphatic rings. The summed E-state index contributed by atoms with van der Waals surface area (Å²) >= 11 is 0. The lowest BCUT2D eigenvalue weighted by molar-refractivity contribution is -0.644. The predicted molar refractivity (Wildman–Crippen MR) is 195 cm³/mol. The van der Waals surface area contributed by atoms with Gasteiger partial charge in [0.1, 0.15) is 13.2 Å². The molecule has 0 amide bonds. The van der Waals surface area contributed by atoms with Crippen LogP contribution in [0.25, 0.3) is 10.9 Å². The van der Waals surface area contributed by atoms with E-state index in [4.69, 9.17) is 0 Å². The van der Waals surface area contributed by atoms with Gasteiger partial charge in [-0.3, -0.25) is 0 Å². The van der Waals surface area contributed by atoms with Crippen LogP contribution in [0.3, 0.4) is 0 Å². The van der Waals surface area contributed by atoms with Crippen molar-refractivity contribution in [3.05, 3.63) is 160 Å². The second-order valence-corrected chi connectivity index (χ2v) is 14.9. The molecule has 1 aromatic heterocycles. The van der Waals surface area contributed by atoms with Crippen molar-refractivity contribution in [3.63, 3.8) is 0 Å². The van der Waals surface area contributed by atoms with Crippen LogP contribution in [0.15, 0.2) is 115 Å². The zero-order chi connectivity index (χ0) is 51.6. The van der Waals surface area contributed by atoms with E-state index in [1.807, 2.05) is 0 Å². The largest absolute Gasteiger partial charge is 0.416 e. The number of nitrogens with zero attached hydrogens (tertiary/aromatic N) is 1. The highest BCUT2D eigenvalue weighted by Crippen LogP contribution is 2.41. The molecule has 0 fully saturated rings. The number of hydrogen-bond donors (Lipinski definition) is 0. The van der Waals surface area contributed by atoms with E-state index >= 15 is 0 Å². The van der Waals surface area contributed by atoms with Crippen molar-refractivity contribution in [2.75, 3.05) is 0 Å². The summed E-state index contributed by atoms with van der Waals surface area (Å²) < 4.78 is 343. The standard InChI is InChI=1S/C32H12BF24.C10H10N/c34-25(35,36)13-1-14(26(37,38)39)6-21(5-13)33(22-7-15(27(40,41)42)2-16(8-22)28(43,44)45,23-9-17(29(46,47)48)3-18(10-23)30(49,50)51)24-11-19(31(52,53)54)4-20(12-24)32(55,56)57;1-11-8-4-6-9-5-2-3-7-10(9)11/h1-12H;2-8H,1H3/q-1;+1. The van der Waals surface area contributed by atoms with E-state index in [0.717, 1.165) is 0 Å². The minimum Gasteiger partial charge on any atom is -0.201 e. The highest BCUT2D eigenvalue weighted by Gasteiger charge is 2.47. The van der Waals surface area contributed by atoms with Gasteiger partial charge in [0.05, 0.1) is 44.5 Å². The second-order valence-electron chi connectivity index (χ2n) is 14.9. The van der Waals surface area contributed by atoms with Gasteiger partial charge < -0.3 is 0 Å². The van der Waals surface area contributed by atoms with E-state index in [-0.39, 0.29) is 0 Å². The number of halogens is 24. The molecule has 0 N–H and O–H groups in total. The molecule has 0 aliphatic heterocycles. The van der Waals surface area contributed by atoms with E-state index in [9.17, 15) is 105 Å². The Morgan fingerprint density at radius 1 is 0.294 bits per heavy atom. The molecule has 0 unspecified atom stereocenters. The van der Waals surface area contributed by atoms with E-state index in [1.165, 1.54) is 10.9 Å². The van der Waals surface area contributed by atoms with Crippen molar-refractivity contribution in [3.8, 4) is 0 Å². The molecule has 0 radical (unpaired) electrons. The Balaban J connectivity index is 0.000000680. The van der Waals surface area contributed by atoms with Crippen molar-refractivity contribution in [1.29, 1.82) is 0 Å². The average Bonchev–Trinajstić information content (AvgIpc) is 3.18. The highest BCUT2D eigenvalue weighted by molar-refractivity contribution is 7.20. The summed E-state index contributed by atoms with van der Waals surface area (Å²) in [6.45, 7) is 0. The van der Waals surface area contributed by atoms with Crippen LogP contribution < -0.4 is 26.4 Å². The molecule has 6 rings (SSSR count). The number of alkyl halides is 24.